The lowest BCUT2D eigenvalue weighted by Crippen LogP contribution is -2.54. The Balaban J connectivity index is 2.40. The molecule has 0 heterocycles. The van der Waals surface area contributed by atoms with Crippen LogP contribution in [0.2, 0.25) is 0 Å². The summed E-state index contributed by atoms with van der Waals surface area (Å²) in [5, 5.41) is 5.57. The van der Waals surface area contributed by atoms with Crippen molar-refractivity contribution in [2.75, 3.05) is 0 Å². The number of amides is 3. The molecule has 2 aromatic carbocycles. The third-order valence-corrected chi connectivity index (χ3v) is 5.65. The average molecular weight is 492 g/mol. The quantitative estimate of drug-likeness (QED) is 0.503. The molecule has 0 saturated carbocycles. The third-order valence-electron chi connectivity index (χ3n) is 5.65. The zero-order chi connectivity index (χ0) is 26.9. The van der Waals surface area contributed by atoms with Gasteiger partial charge in [0.05, 0.1) is 0 Å². The van der Waals surface area contributed by atoms with E-state index in [2.05, 4.69) is 16.6 Å². The van der Waals surface area contributed by atoms with Crippen molar-refractivity contribution in [2.45, 2.75) is 78.2 Å². The molecule has 0 radical (unpaired) electrons. The van der Waals surface area contributed by atoms with E-state index in [0.29, 0.717) is 24.1 Å². The summed E-state index contributed by atoms with van der Waals surface area (Å²) in [5.74, 6) is 1.85. The average Bonchev–Trinajstić information content (AvgIpc) is 2.84. The normalized spacial score (nSPS) is 13.5. The summed E-state index contributed by atoms with van der Waals surface area (Å²) < 4.78 is 5.31. The lowest BCUT2D eigenvalue weighted by atomic mass is 9.99. The molecule has 0 bridgehead atoms. The van der Waals surface area contributed by atoms with Crippen molar-refractivity contribution in [2.24, 2.45) is 0 Å². The van der Waals surface area contributed by atoms with Crippen LogP contribution in [0.4, 0.5) is 4.79 Å². The van der Waals surface area contributed by atoms with Crippen LogP contribution in [0.3, 0.4) is 0 Å². The Morgan fingerprint density at radius 2 is 1.64 bits per heavy atom. The zero-order valence-electron chi connectivity index (χ0n) is 22.0. The van der Waals surface area contributed by atoms with Gasteiger partial charge in [0.1, 0.15) is 17.7 Å². The van der Waals surface area contributed by atoms with E-state index in [0.717, 1.165) is 5.56 Å². The Morgan fingerprint density at radius 3 is 2.17 bits per heavy atom. The highest BCUT2D eigenvalue weighted by molar-refractivity contribution is 5.92. The van der Waals surface area contributed by atoms with E-state index in [-0.39, 0.29) is 11.9 Å². The molecule has 0 aromatic heterocycles. The summed E-state index contributed by atoms with van der Waals surface area (Å²) in [6.45, 7) is 11.0. The molecular weight excluding hydrogens is 454 g/mol. The van der Waals surface area contributed by atoms with Crippen LogP contribution in [0.15, 0.2) is 54.6 Å². The molecule has 7 heteroatoms. The van der Waals surface area contributed by atoms with Gasteiger partial charge in [0, 0.05) is 18.2 Å². The van der Waals surface area contributed by atoms with Crippen molar-refractivity contribution in [3.63, 3.8) is 0 Å². The predicted molar refractivity (Wildman–Crippen MR) is 141 cm³/mol. The van der Waals surface area contributed by atoms with Crippen molar-refractivity contribution in [3.05, 3.63) is 71.3 Å². The monoisotopic (exact) mass is 491 g/mol. The minimum Gasteiger partial charge on any atom is -0.444 e. The van der Waals surface area contributed by atoms with Gasteiger partial charge in [-0.3, -0.25) is 9.59 Å². The molecule has 36 heavy (non-hydrogen) atoms. The van der Waals surface area contributed by atoms with Gasteiger partial charge in [-0.2, -0.15) is 0 Å². The van der Waals surface area contributed by atoms with Crippen molar-refractivity contribution in [1.82, 2.24) is 15.5 Å². The summed E-state index contributed by atoms with van der Waals surface area (Å²) >= 11 is 0. The second-order valence-corrected chi connectivity index (χ2v) is 9.74. The number of alkyl carbamates (subject to hydrolysis) is 1. The van der Waals surface area contributed by atoms with Gasteiger partial charge in [0.15, 0.2) is 0 Å². The smallest absolute Gasteiger partial charge is 0.408 e. The maximum Gasteiger partial charge on any atom is 0.408 e. The Hall–Kier alpha value is -3.79. The highest BCUT2D eigenvalue weighted by Crippen LogP contribution is 2.26. The maximum absolute atomic E-state index is 13.7. The van der Waals surface area contributed by atoms with Gasteiger partial charge in [-0.1, -0.05) is 55.3 Å². The first-order chi connectivity index (χ1) is 17.0. The number of benzene rings is 2. The topological polar surface area (TPSA) is 87.7 Å². The largest absolute Gasteiger partial charge is 0.444 e. The molecular formula is C29H37N3O4. The number of hydrogen-bond donors (Lipinski definition) is 2. The van der Waals surface area contributed by atoms with Gasteiger partial charge in [-0.15, -0.1) is 6.42 Å². The lowest BCUT2D eigenvalue weighted by Gasteiger charge is -2.37. The van der Waals surface area contributed by atoms with Crippen LogP contribution in [0.5, 0.6) is 0 Å². The molecule has 2 N–H and O–H groups in total. The molecule has 0 fully saturated rings. The van der Waals surface area contributed by atoms with E-state index >= 15 is 0 Å². The Morgan fingerprint density at radius 1 is 1.03 bits per heavy atom. The summed E-state index contributed by atoms with van der Waals surface area (Å²) in [5.41, 5.74) is 1.52. The second-order valence-electron chi connectivity index (χ2n) is 9.74. The van der Waals surface area contributed by atoms with E-state index in [9.17, 15) is 14.4 Å². The fourth-order valence-electron chi connectivity index (χ4n) is 3.65. The van der Waals surface area contributed by atoms with Crippen molar-refractivity contribution in [1.29, 1.82) is 0 Å². The summed E-state index contributed by atoms with van der Waals surface area (Å²) in [6.07, 6.45) is 5.42. The van der Waals surface area contributed by atoms with Crippen molar-refractivity contribution < 1.29 is 19.1 Å². The Labute approximate surface area is 214 Å². The van der Waals surface area contributed by atoms with E-state index < -0.39 is 29.7 Å². The number of ether oxygens (including phenoxy) is 1. The van der Waals surface area contributed by atoms with Gasteiger partial charge in [0.25, 0.3) is 0 Å². The maximum atomic E-state index is 13.7. The molecule has 7 nitrogen and oxygen atoms in total. The Kier molecular flexibility index (Phi) is 10.1. The molecule has 3 atom stereocenters. The van der Waals surface area contributed by atoms with E-state index in [1.54, 1.807) is 52.0 Å². The van der Waals surface area contributed by atoms with Gasteiger partial charge in [-0.05, 0) is 64.3 Å². The summed E-state index contributed by atoms with van der Waals surface area (Å²) in [7, 11) is 0. The first kappa shape index (κ1) is 28.4. The molecule has 3 unspecified atom stereocenters. The molecule has 0 aliphatic heterocycles. The van der Waals surface area contributed by atoms with Gasteiger partial charge < -0.3 is 20.3 Å². The van der Waals surface area contributed by atoms with Crippen LogP contribution < -0.4 is 10.6 Å². The van der Waals surface area contributed by atoms with E-state index in [1.807, 2.05) is 44.2 Å². The van der Waals surface area contributed by atoms with E-state index in [1.165, 1.54) is 4.90 Å². The van der Waals surface area contributed by atoms with Crippen molar-refractivity contribution >= 4 is 17.9 Å². The molecule has 3 amide bonds. The van der Waals surface area contributed by atoms with Gasteiger partial charge in [0.2, 0.25) is 11.8 Å². The number of rotatable bonds is 9. The molecule has 0 spiro atoms. The standard InChI is InChI=1S/C29H37N3O4/c1-8-20(3)32(27(34)21(4)31-28(35)36-29(5,6)7)25(24-17-15-22(9-2)16-18-24)26(33)30-19-23-13-11-10-12-14-23/h2,10-18,20-21,25H,8,19H2,1,3-7H3,(H,30,33)(H,31,35). The molecule has 2 aromatic rings. The molecule has 2 rings (SSSR count). The number of hydrogen-bond acceptors (Lipinski definition) is 4. The van der Waals surface area contributed by atoms with Crippen LogP contribution >= 0.6 is 0 Å². The molecule has 0 aliphatic carbocycles. The fraction of sp³-hybridized carbons (Fsp3) is 0.414. The zero-order valence-corrected chi connectivity index (χ0v) is 22.0. The highest BCUT2D eigenvalue weighted by atomic mass is 16.6. The lowest BCUT2D eigenvalue weighted by molar-refractivity contribution is -0.144. The summed E-state index contributed by atoms with van der Waals surface area (Å²) in [4.78, 5) is 41.2. The number of terminal acetylenes is 1. The number of carbonyl (C=O) groups excluding carboxylic acids is 3. The van der Waals surface area contributed by atoms with Gasteiger partial charge in [-0.25, -0.2) is 4.79 Å². The van der Waals surface area contributed by atoms with Crippen LogP contribution in [-0.2, 0) is 20.9 Å². The molecule has 0 aliphatic rings. The Bertz CT molecular complexity index is 1070. The summed E-state index contributed by atoms with van der Waals surface area (Å²) in [6, 6.07) is 14.4. The highest BCUT2D eigenvalue weighted by Gasteiger charge is 2.37. The van der Waals surface area contributed by atoms with Crippen LogP contribution in [0, 0.1) is 12.3 Å². The first-order valence-corrected chi connectivity index (χ1v) is 12.2. The third kappa shape index (κ3) is 8.16. The predicted octanol–water partition coefficient (Wildman–Crippen LogP) is 4.57. The van der Waals surface area contributed by atoms with E-state index in [4.69, 9.17) is 11.2 Å². The number of nitrogens with zero attached hydrogens (tertiary/aromatic N) is 1. The molecule has 0 saturated heterocycles. The minimum atomic E-state index is -0.925. The number of carbonyl (C=O) groups is 3. The van der Waals surface area contributed by atoms with Crippen LogP contribution in [0.1, 0.15) is 70.7 Å². The molecule has 192 valence electrons. The fourth-order valence-corrected chi connectivity index (χ4v) is 3.65. The van der Waals surface area contributed by atoms with Crippen molar-refractivity contribution in [3.8, 4) is 12.3 Å². The minimum absolute atomic E-state index is 0.292. The second kappa shape index (κ2) is 12.8. The van der Waals surface area contributed by atoms with Gasteiger partial charge >= 0.3 is 6.09 Å². The van der Waals surface area contributed by atoms with Crippen LogP contribution in [0.25, 0.3) is 0 Å². The number of nitrogens with one attached hydrogen (secondary N) is 2. The van der Waals surface area contributed by atoms with Crippen LogP contribution in [-0.4, -0.2) is 40.5 Å². The SMILES string of the molecule is C#Cc1ccc(C(C(=O)NCc2ccccc2)N(C(=O)C(C)NC(=O)OC(C)(C)C)C(C)CC)cc1. The first-order valence-electron chi connectivity index (χ1n) is 12.2.